The van der Waals surface area contributed by atoms with Crippen LogP contribution in [-0.4, -0.2) is 12.5 Å². The molecule has 3 rings (SSSR count). The summed E-state index contributed by atoms with van der Waals surface area (Å²) in [5.74, 6) is 0.597. The second-order valence-electron chi connectivity index (χ2n) is 5.47. The summed E-state index contributed by atoms with van der Waals surface area (Å²) in [5, 5.41) is 5.06. The van der Waals surface area contributed by atoms with Gasteiger partial charge in [-0.25, -0.2) is 0 Å². The lowest BCUT2D eigenvalue weighted by molar-refractivity contribution is -0.123. The molecule has 0 saturated carbocycles. The van der Waals surface area contributed by atoms with Gasteiger partial charge in [0.1, 0.15) is 5.75 Å². The second-order valence-corrected chi connectivity index (χ2v) is 5.47. The van der Waals surface area contributed by atoms with Crippen molar-refractivity contribution in [3.8, 4) is 5.75 Å². The lowest BCUT2D eigenvalue weighted by Crippen LogP contribution is -2.31. The van der Waals surface area contributed by atoms with Crippen LogP contribution in [0.5, 0.6) is 5.75 Å². The zero-order chi connectivity index (χ0) is 16.1. The van der Waals surface area contributed by atoms with Gasteiger partial charge in [0, 0.05) is 5.39 Å². The van der Waals surface area contributed by atoms with Crippen molar-refractivity contribution in [1.29, 1.82) is 0 Å². The van der Waals surface area contributed by atoms with Crippen molar-refractivity contribution in [3.05, 3.63) is 78.4 Å². The van der Waals surface area contributed by atoms with Crippen molar-refractivity contribution in [2.75, 3.05) is 6.61 Å². The molecular formula is C20H19NO2. The highest BCUT2D eigenvalue weighted by Gasteiger charge is 2.10. The molecule has 0 aliphatic carbocycles. The summed E-state index contributed by atoms with van der Waals surface area (Å²) < 4.78 is 5.71. The molecule has 1 amide bonds. The van der Waals surface area contributed by atoms with Gasteiger partial charge in [-0.05, 0) is 23.9 Å². The number of carbonyl (C=O) groups excluding carboxylic acids is 1. The topological polar surface area (TPSA) is 38.3 Å². The number of amides is 1. The Labute approximate surface area is 135 Å². The van der Waals surface area contributed by atoms with Gasteiger partial charge >= 0.3 is 0 Å². The Morgan fingerprint density at radius 1 is 0.957 bits per heavy atom. The zero-order valence-electron chi connectivity index (χ0n) is 13.0. The average molecular weight is 305 g/mol. The van der Waals surface area contributed by atoms with E-state index in [0.29, 0.717) is 0 Å². The standard InChI is InChI=1S/C20H19NO2/c1-15(16-8-3-2-4-9-16)21-20(22)14-23-19-13-7-11-17-10-5-6-12-18(17)19/h2-13,15H,14H2,1H3,(H,21,22)/t15-/m1/s1. The first-order valence-corrected chi connectivity index (χ1v) is 7.69. The average Bonchev–Trinajstić information content (AvgIpc) is 2.60. The number of rotatable bonds is 5. The van der Waals surface area contributed by atoms with E-state index < -0.39 is 0 Å². The highest BCUT2D eigenvalue weighted by molar-refractivity contribution is 5.88. The van der Waals surface area contributed by atoms with Gasteiger partial charge in [0.05, 0.1) is 6.04 Å². The van der Waals surface area contributed by atoms with E-state index in [1.165, 1.54) is 0 Å². The largest absolute Gasteiger partial charge is 0.483 e. The molecule has 0 unspecified atom stereocenters. The number of carbonyl (C=O) groups is 1. The summed E-state index contributed by atoms with van der Waals surface area (Å²) in [5.41, 5.74) is 1.08. The predicted octanol–water partition coefficient (Wildman–Crippen LogP) is 4.10. The third-order valence-electron chi connectivity index (χ3n) is 3.79. The van der Waals surface area contributed by atoms with Crippen molar-refractivity contribution < 1.29 is 9.53 Å². The fraction of sp³-hybridized carbons (Fsp3) is 0.150. The molecule has 0 fully saturated rings. The molecule has 0 saturated heterocycles. The van der Waals surface area contributed by atoms with Crippen LogP contribution in [0, 0.1) is 0 Å². The first-order valence-electron chi connectivity index (χ1n) is 7.69. The molecule has 0 aromatic heterocycles. The number of nitrogens with one attached hydrogen (secondary N) is 1. The summed E-state index contributed by atoms with van der Waals surface area (Å²) in [6, 6.07) is 23.7. The normalized spacial score (nSPS) is 11.9. The van der Waals surface area contributed by atoms with Crippen molar-refractivity contribution in [3.63, 3.8) is 0 Å². The molecule has 0 radical (unpaired) electrons. The Balaban J connectivity index is 1.62. The van der Waals surface area contributed by atoms with Crippen LogP contribution in [0.2, 0.25) is 0 Å². The molecule has 116 valence electrons. The number of fused-ring (bicyclic) bond motifs is 1. The maximum atomic E-state index is 12.1. The van der Waals surface area contributed by atoms with Gasteiger partial charge in [-0.2, -0.15) is 0 Å². The fourth-order valence-corrected chi connectivity index (χ4v) is 2.57. The molecule has 0 aliphatic rings. The van der Waals surface area contributed by atoms with E-state index in [4.69, 9.17) is 4.74 Å². The van der Waals surface area contributed by atoms with Crippen LogP contribution in [0.1, 0.15) is 18.5 Å². The molecule has 3 aromatic rings. The third kappa shape index (κ3) is 3.69. The molecule has 1 N–H and O–H groups in total. The Morgan fingerprint density at radius 2 is 1.65 bits per heavy atom. The monoisotopic (exact) mass is 305 g/mol. The minimum absolute atomic E-state index is 0.00514. The smallest absolute Gasteiger partial charge is 0.258 e. The van der Waals surface area contributed by atoms with Gasteiger partial charge in [-0.1, -0.05) is 66.7 Å². The lowest BCUT2D eigenvalue weighted by Gasteiger charge is -2.15. The third-order valence-corrected chi connectivity index (χ3v) is 3.79. The quantitative estimate of drug-likeness (QED) is 0.771. The summed E-state index contributed by atoms with van der Waals surface area (Å²) in [4.78, 5) is 12.1. The molecule has 3 aromatic carbocycles. The van der Waals surface area contributed by atoms with Crippen molar-refractivity contribution >= 4 is 16.7 Å². The van der Waals surface area contributed by atoms with Crippen LogP contribution in [-0.2, 0) is 4.79 Å². The zero-order valence-corrected chi connectivity index (χ0v) is 13.0. The van der Waals surface area contributed by atoms with Gasteiger partial charge in [0.2, 0.25) is 0 Å². The number of ether oxygens (including phenoxy) is 1. The molecule has 1 atom stereocenters. The summed E-state index contributed by atoms with van der Waals surface area (Å²) in [7, 11) is 0. The minimum atomic E-state index is -0.130. The van der Waals surface area contributed by atoms with E-state index in [9.17, 15) is 4.79 Å². The molecule has 23 heavy (non-hydrogen) atoms. The highest BCUT2D eigenvalue weighted by atomic mass is 16.5. The summed E-state index contributed by atoms with van der Waals surface area (Å²) >= 11 is 0. The fourth-order valence-electron chi connectivity index (χ4n) is 2.57. The molecule has 3 nitrogen and oxygen atoms in total. The Morgan fingerprint density at radius 3 is 2.48 bits per heavy atom. The van der Waals surface area contributed by atoms with Crippen LogP contribution in [0.25, 0.3) is 10.8 Å². The molecule has 0 spiro atoms. The Kier molecular flexibility index (Phi) is 4.57. The Bertz CT molecular complexity index is 794. The van der Waals surface area contributed by atoms with Crippen LogP contribution >= 0.6 is 0 Å². The van der Waals surface area contributed by atoms with Crippen LogP contribution in [0.4, 0.5) is 0 Å². The van der Waals surface area contributed by atoms with Crippen LogP contribution < -0.4 is 10.1 Å². The van der Waals surface area contributed by atoms with Crippen LogP contribution in [0.15, 0.2) is 72.8 Å². The van der Waals surface area contributed by atoms with Gasteiger partial charge in [0.15, 0.2) is 6.61 Å². The number of benzene rings is 3. The molecule has 0 bridgehead atoms. The first-order chi connectivity index (χ1) is 11.2. The Hall–Kier alpha value is -2.81. The van der Waals surface area contributed by atoms with E-state index >= 15 is 0 Å². The maximum absolute atomic E-state index is 12.1. The van der Waals surface area contributed by atoms with Gasteiger partial charge in [0.25, 0.3) is 5.91 Å². The maximum Gasteiger partial charge on any atom is 0.258 e. The van der Waals surface area contributed by atoms with E-state index in [2.05, 4.69) is 5.32 Å². The predicted molar refractivity (Wildman–Crippen MR) is 92.4 cm³/mol. The summed E-state index contributed by atoms with van der Waals surface area (Å²) in [6.45, 7) is 1.97. The second kappa shape index (κ2) is 6.97. The SMILES string of the molecule is C[C@@H](NC(=O)COc1cccc2ccccc12)c1ccccc1. The van der Waals surface area contributed by atoms with Gasteiger partial charge in [-0.3, -0.25) is 4.79 Å². The molecule has 0 aliphatic heterocycles. The highest BCUT2D eigenvalue weighted by Crippen LogP contribution is 2.25. The van der Waals surface area contributed by atoms with Crippen molar-refractivity contribution in [2.24, 2.45) is 0 Å². The van der Waals surface area contributed by atoms with Crippen molar-refractivity contribution in [2.45, 2.75) is 13.0 Å². The minimum Gasteiger partial charge on any atom is -0.483 e. The van der Waals surface area contributed by atoms with E-state index in [1.807, 2.05) is 79.7 Å². The van der Waals surface area contributed by atoms with E-state index in [0.717, 1.165) is 22.1 Å². The molecule has 3 heteroatoms. The first kappa shape index (κ1) is 15.1. The van der Waals surface area contributed by atoms with Gasteiger partial charge < -0.3 is 10.1 Å². The van der Waals surface area contributed by atoms with E-state index in [1.54, 1.807) is 0 Å². The lowest BCUT2D eigenvalue weighted by atomic mass is 10.1. The molecule has 0 heterocycles. The van der Waals surface area contributed by atoms with Crippen LogP contribution in [0.3, 0.4) is 0 Å². The number of hydrogen-bond acceptors (Lipinski definition) is 2. The summed E-state index contributed by atoms with van der Waals surface area (Å²) in [6.07, 6.45) is 0. The van der Waals surface area contributed by atoms with E-state index in [-0.39, 0.29) is 18.6 Å². The number of hydrogen-bond donors (Lipinski definition) is 1. The van der Waals surface area contributed by atoms with Gasteiger partial charge in [-0.15, -0.1) is 0 Å². The van der Waals surface area contributed by atoms with Crippen molar-refractivity contribution in [1.82, 2.24) is 5.32 Å². The molecular weight excluding hydrogens is 286 g/mol.